The van der Waals surface area contributed by atoms with E-state index in [1.807, 2.05) is 17.2 Å². The van der Waals surface area contributed by atoms with Gasteiger partial charge in [0.1, 0.15) is 0 Å². The summed E-state index contributed by atoms with van der Waals surface area (Å²) in [5, 5.41) is 2.52. The predicted octanol–water partition coefficient (Wildman–Crippen LogP) is 3.79. The van der Waals surface area contributed by atoms with E-state index in [-0.39, 0.29) is 29.6 Å². The number of alkyl halides is 3. The van der Waals surface area contributed by atoms with Gasteiger partial charge >= 0.3 is 6.18 Å². The molecule has 0 bridgehead atoms. The van der Waals surface area contributed by atoms with Crippen LogP contribution >= 0.6 is 0 Å². The number of fused-ring (bicyclic) bond motifs is 3. The van der Waals surface area contributed by atoms with Gasteiger partial charge in [-0.25, -0.2) is 0 Å². The van der Waals surface area contributed by atoms with Gasteiger partial charge in [0, 0.05) is 50.0 Å². The average Bonchev–Trinajstić information content (AvgIpc) is 3.53. The number of benzene rings is 1. The van der Waals surface area contributed by atoms with Gasteiger partial charge in [0.05, 0.1) is 29.0 Å². The fraction of sp³-hybridized carbons (Fsp3) is 0.536. The summed E-state index contributed by atoms with van der Waals surface area (Å²) < 4.78 is 38.9. The molecule has 2 aromatic rings. The summed E-state index contributed by atoms with van der Waals surface area (Å²) in [7, 11) is 2.17. The quantitative estimate of drug-likeness (QED) is 0.656. The molecule has 2 amide bonds. The van der Waals surface area contributed by atoms with E-state index >= 15 is 0 Å². The van der Waals surface area contributed by atoms with Gasteiger partial charge in [-0.3, -0.25) is 19.5 Å². The second-order valence-electron chi connectivity index (χ2n) is 11.0. The van der Waals surface area contributed by atoms with Gasteiger partial charge in [-0.05, 0) is 68.9 Å². The van der Waals surface area contributed by atoms with Crippen molar-refractivity contribution in [3.05, 3.63) is 59.4 Å². The zero-order valence-corrected chi connectivity index (χ0v) is 21.4. The Kier molecular flexibility index (Phi) is 6.13. The standard InChI is InChI=1S/C28H32F3N5O2/c1-34-23-6-3-13-32-25(23)27(34)11-7-20(8-12-27)35-14-9-22-21(35)10-15-36(22)24(37)17-33-26(38)18-4-2-5-19(16-18)28(29,30)31/h2-6,13,16,20-22H,7-12,14-15,17H2,1H3,(H,33,38). The lowest BCUT2D eigenvalue weighted by molar-refractivity contribution is -0.137. The average molecular weight is 528 g/mol. The van der Waals surface area contributed by atoms with Crippen LogP contribution in [0.25, 0.3) is 0 Å². The Labute approximate surface area is 220 Å². The molecule has 202 valence electrons. The van der Waals surface area contributed by atoms with Crippen LogP contribution in [0.3, 0.4) is 0 Å². The van der Waals surface area contributed by atoms with E-state index in [2.05, 4.69) is 33.2 Å². The Bertz CT molecular complexity index is 1240. The van der Waals surface area contributed by atoms with Gasteiger partial charge in [-0.2, -0.15) is 13.2 Å². The summed E-state index contributed by atoms with van der Waals surface area (Å²) in [6, 6.07) is 9.31. The number of hydrogen-bond acceptors (Lipinski definition) is 5. The first kappa shape index (κ1) is 25.2. The molecular weight excluding hydrogens is 495 g/mol. The maximum atomic E-state index is 13.0. The Hall–Kier alpha value is -3.14. The Morgan fingerprint density at radius 2 is 1.82 bits per heavy atom. The number of pyridine rings is 1. The number of carbonyl (C=O) groups is 2. The Morgan fingerprint density at radius 1 is 1.05 bits per heavy atom. The Morgan fingerprint density at radius 3 is 2.58 bits per heavy atom. The minimum absolute atomic E-state index is 0.0573. The largest absolute Gasteiger partial charge is 0.416 e. The van der Waals surface area contributed by atoms with Crippen molar-refractivity contribution in [2.45, 2.75) is 68.4 Å². The lowest BCUT2D eigenvalue weighted by atomic mass is 9.70. The number of likely N-dealkylation sites (tertiary alicyclic amines) is 2. The lowest BCUT2D eigenvalue weighted by Gasteiger charge is -2.56. The fourth-order valence-electron chi connectivity index (χ4n) is 7.33. The summed E-state index contributed by atoms with van der Waals surface area (Å²) >= 11 is 0. The Balaban J connectivity index is 1.03. The molecule has 2 atom stereocenters. The minimum atomic E-state index is -4.53. The van der Waals surface area contributed by atoms with Crippen LogP contribution in [-0.4, -0.2) is 71.4 Å². The van der Waals surface area contributed by atoms with Crippen LogP contribution in [0, 0.1) is 0 Å². The zero-order chi connectivity index (χ0) is 26.7. The van der Waals surface area contributed by atoms with Crippen molar-refractivity contribution in [3.8, 4) is 0 Å². The molecule has 1 aliphatic carbocycles. The van der Waals surface area contributed by atoms with E-state index in [1.165, 1.54) is 23.5 Å². The van der Waals surface area contributed by atoms with Crippen LogP contribution in [0.15, 0.2) is 42.6 Å². The van der Waals surface area contributed by atoms with Gasteiger partial charge in [-0.1, -0.05) is 6.07 Å². The van der Waals surface area contributed by atoms with Crippen LogP contribution in [0.5, 0.6) is 0 Å². The van der Waals surface area contributed by atoms with E-state index in [1.54, 1.807) is 0 Å². The first-order valence-corrected chi connectivity index (χ1v) is 13.4. The molecule has 0 radical (unpaired) electrons. The molecule has 7 nitrogen and oxygen atoms in total. The second kappa shape index (κ2) is 9.25. The van der Waals surface area contributed by atoms with E-state index in [0.29, 0.717) is 18.6 Å². The molecule has 1 spiro atoms. The third-order valence-electron chi connectivity index (χ3n) is 9.27. The number of amides is 2. The van der Waals surface area contributed by atoms with Gasteiger partial charge in [0.25, 0.3) is 5.91 Å². The van der Waals surface area contributed by atoms with Gasteiger partial charge in [0.15, 0.2) is 0 Å². The first-order valence-electron chi connectivity index (χ1n) is 13.4. The first-order chi connectivity index (χ1) is 18.2. The number of carbonyl (C=O) groups excluding carboxylic acids is 2. The number of aromatic nitrogens is 1. The highest BCUT2D eigenvalue weighted by Gasteiger charge is 2.53. The van der Waals surface area contributed by atoms with Crippen molar-refractivity contribution >= 4 is 17.5 Å². The van der Waals surface area contributed by atoms with Crippen LogP contribution in [0.4, 0.5) is 18.9 Å². The third-order valence-corrected chi connectivity index (χ3v) is 9.27. The van der Waals surface area contributed by atoms with E-state index in [4.69, 9.17) is 0 Å². The predicted molar refractivity (Wildman–Crippen MR) is 136 cm³/mol. The van der Waals surface area contributed by atoms with Crippen LogP contribution in [-0.2, 0) is 16.5 Å². The van der Waals surface area contributed by atoms with Crippen molar-refractivity contribution in [3.63, 3.8) is 0 Å². The number of hydrogen-bond donors (Lipinski definition) is 1. The monoisotopic (exact) mass is 527 g/mol. The topological polar surface area (TPSA) is 68.8 Å². The lowest BCUT2D eigenvalue weighted by Crippen LogP contribution is -2.57. The van der Waals surface area contributed by atoms with Crippen LogP contribution in [0.2, 0.25) is 0 Å². The van der Waals surface area contributed by atoms with Crippen LogP contribution < -0.4 is 10.2 Å². The van der Waals surface area contributed by atoms with E-state index in [9.17, 15) is 22.8 Å². The van der Waals surface area contributed by atoms with Crippen molar-refractivity contribution in [2.75, 3.05) is 31.6 Å². The molecule has 38 heavy (non-hydrogen) atoms. The maximum Gasteiger partial charge on any atom is 0.416 e. The fourth-order valence-corrected chi connectivity index (χ4v) is 7.33. The summed E-state index contributed by atoms with van der Waals surface area (Å²) in [6.45, 7) is 1.38. The molecule has 1 N–H and O–H groups in total. The van der Waals surface area contributed by atoms with Crippen molar-refractivity contribution in [2.24, 2.45) is 0 Å². The molecule has 4 heterocycles. The normalized spacial score (nSPS) is 28.7. The molecule has 3 aliphatic heterocycles. The highest BCUT2D eigenvalue weighted by Crippen LogP contribution is 2.54. The second-order valence-corrected chi connectivity index (χ2v) is 11.0. The maximum absolute atomic E-state index is 13.0. The molecule has 10 heteroatoms. The molecule has 6 rings (SSSR count). The number of anilines is 1. The molecular formula is C28H32F3N5O2. The zero-order valence-electron chi connectivity index (χ0n) is 21.4. The number of nitrogens with one attached hydrogen (secondary N) is 1. The summed E-state index contributed by atoms with van der Waals surface area (Å²) in [6.07, 6.45) is 3.53. The number of nitrogens with zero attached hydrogens (tertiary/aromatic N) is 4. The number of rotatable bonds is 4. The van der Waals surface area contributed by atoms with Crippen molar-refractivity contribution < 1.29 is 22.8 Å². The van der Waals surface area contributed by atoms with E-state index < -0.39 is 17.6 Å². The third kappa shape index (κ3) is 4.04. The smallest absolute Gasteiger partial charge is 0.362 e. The molecule has 1 aromatic heterocycles. The molecule has 2 saturated heterocycles. The van der Waals surface area contributed by atoms with Crippen molar-refractivity contribution in [1.29, 1.82) is 0 Å². The highest BCUT2D eigenvalue weighted by atomic mass is 19.4. The number of halogens is 3. The van der Waals surface area contributed by atoms with Gasteiger partial charge < -0.3 is 15.1 Å². The highest BCUT2D eigenvalue weighted by molar-refractivity contribution is 5.96. The molecule has 1 saturated carbocycles. The van der Waals surface area contributed by atoms with Gasteiger partial charge in [-0.15, -0.1) is 0 Å². The molecule has 2 unspecified atom stereocenters. The SMILES string of the molecule is CN1c2cccnc2C12CCC(N1CCC3C1CCN3C(=O)CNC(=O)c1cccc(C(F)(F)F)c1)CC2. The molecule has 4 aliphatic rings. The van der Waals surface area contributed by atoms with Gasteiger partial charge in [0.2, 0.25) is 5.91 Å². The summed E-state index contributed by atoms with van der Waals surface area (Å²) in [5.74, 6) is -0.859. The summed E-state index contributed by atoms with van der Waals surface area (Å²) in [5.41, 5.74) is 1.52. The van der Waals surface area contributed by atoms with Crippen LogP contribution in [0.1, 0.15) is 60.1 Å². The van der Waals surface area contributed by atoms with E-state index in [0.717, 1.165) is 57.2 Å². The minimum Gasteiger partial charge on any atom is -0.362 e. The molecule has 1 aromatic carbocycles. The van der Waals surface area contributed by atoms with Crippen molar-refractivity contribution in [1.82, 2.24) is 20.1 Å². The summed E-state index contributed by atoms with van der Waals surface area (Å²) in [4.78, 5) is 37.0. The molecule has 3 fully saturated rings.